The number of imidazole rings is 1. The quantitative estimate of drug-likeness (QED) is 0.168. The summed E-state index contributed by atoms with van der Waals surface area (Å²) in [5.41, 5.74) is 13.5. The molecule has 0 atom stereocenters. The van der Waals surface area contributed by atoms with Crippen LogP contribution >= 0.6 is 0 Å². The van der Waals surface area contributed by atoms with Crippen LogP contribution < -0.4 is 9.30 Å². The van der Waals surface area contributed by atoms with Gasteiger partial charge in [-0.15, -0.1) is 0 Å². The second kappa shape index (κ2) is 11.9. The summed E-state index contributed by atoms with van der Waals surface area (Å²) in [5, 5.41) is 2.27. The molecule has 50 heavy (non-hydrogen) atoms. The van der Waals surface area contributed by atoms with E-state index in [0.29, 0.717) is 0 Å². The van der Waals surface area contributed by atoms with Gasteiger partial charge in [0, 0.05) is 34.3 Å². The van der Waals surface area contributed by atoms with E-state index in [9.17, 15) is 0 Å². The monoisotopic (exact) mass is 647 g/mol. The molecular formula is C45H35N4O+. The van der Waals surface area contributed by atoms with Crippen molar-refractivity contribution in [3.8, 4) is 39.8 Å². The first-order valence-corrected chi connectivity index (χ1v) is 17.0. The van der Waals surface area contributed by atoms with Gasteiger partial charge >= 0.3 is 0 Å². The minimum Gasteiger partial charge on any atom is -0.457 e. The smallest absolute Gasteiger partial charge is 0.255 e. The Hall–Kier alpha value is -6.46. The highest BCUT2D eigenvalue weighted by Gasteiger charge is 2.23. The molecule has 0 bridgehead atoms. The van der Waals surface area contributed by atoms with E-state index in [1.54, 1.807) is 0 Å². The first kappa shape index (κ1) is 29.7. The van der Waals surface area contributed by atoms with Gasteiger partial charge in [-0.3, -0.25) is 4.98 Å². The fourth-order valence-corrected chi connectivity index (χ4v) is 7.57. The molecule has 0 fully saturated rings. The van der Waals surface area contributed by atoms with Gasteiger partial charge in [0.1, 0.15) is 22.9 Å². The topological polar surface area (TPSA) is 35.9 Å². The lowest BCUT2D eigenvalue weighted by molar-refractivity contribution is -0.568. The third kappa shape index (κ3) is 4.94. The summed E-state index contributed by atoms with van der Waals surface area (Å²) in [5.74, 6) is 1.51. The van der Waals surface area contributed by atoms with Gasteiger partial charge in [-0.2, -0.15) is 9.13 Å². The molecule has 0 amide bonds. The zero-order chi connectivity index (χ0) is 33.8. The van der Waals surface area contributed by atoms with Gasteiger partial charge in [0.05, 0.1) is 16.7 Å². The molecule has 240 valence electrons. The predicted molar refractivity (Wildman–Crippen MR) is 203 cm³/mol. The zero-order valence-electron chi connectivity index (χ0n) is 28.2. The van der Waals surface area contributed by atoms with Crippen molar-refractivity contribution in [2.75, 3.05) is 0 Å². The van der Waals surface area contributed by atoms with Crippen LogP contribution in [0.3, 0.4) is 0 Å². The molecule has 6 aromatic carbocycles. The van der Waals surface area contributed by atoms with Gasteiger partial charge in [0.25, 0.3) is 6.33 Å². The zero-order valence-corrected chi connectivity index (χ0v) is 28.2. The van der Waals surface area contributed by atoms with Gasteiger partial charge < -0.3 is 9.30 Å². The molecule has 9 aromatic rings. The average Bonchev–Trinajstić information content (AvgIpc) is 3.68. The van der Waals surface area contributed by atoms with Crippen LogP contribution in [-0.4, -0.2) is 14.1 Å². The van der Waals surface area contributed by atoms with Crippen molar-refractivity contribution in [1.82, 2.24) is 14.1 Å². The maximum atomic E-state index is 6.77. The van der Waals surface area contributed by atoms with Crippen LogP contribution in [0.4, 0.5) is 0 Å². The highest BCUT2D eigenvalue weighted by Crippen LogP contribution is 2.41. The number of aromatic nitrogens is 4. The fraction of sp³-hybridized carbons (Fsp3) is 0.0667. The number of hydrogen-bond acceptors (Lipinski definition) is 2. The standard InChI is InChI=1S/C45H35N4O/c1-30-24-31(2)44(32(3)25-30)48-29-47(42-21-9-10-22-43(42)48)34-16-13-17-35(26-34)50-36-27-38-37-18-7-8-20-41(37)49(33-14-5-4-6-15-33)45(38)39(28-36)40-19-11-12-23-46-40/h4-29H,1-3H3/q+1. The van der Waals surface area contributed by atoms with E-state index in [4.69, 9.17) is 9.72 Å². The van der Waals surface area contributed by atoms with Crippen molar-refractivity contribution < 1.29 is 9.30 Å². The van der Waals surface area contributed by atoms with Crippen LogP contribution in [0.5, 0.6) is 11.5 Å². The summed E-state index contributed by atoms with van der Waals surface area (Å²) in [4.78, 5) is 4.80. The van der Waals surface area contributed by atoms with Crippen molar-refractivity contribution in [2.24, 2.45) is 0 Å². The lowest BCUT2D eigenvalue weighted by Crippen LogP contribution is -2.31. The maximum absolute atomic E-state index is 6.77. The number of hydrogen-bond donors (Lipinski definition) is 0. The third-order valence-electron chi connectivity index (χ3n) is 9.54. The molecule has 3 heterocycles. The largest absolute Gasteiger partial charge is 0.457 e. The second-order valence-corrected chi connectivity index (χ2v) is 13.0. The molecule has 3 aromatic heterocycles. The molecular weight excluding hydrogens is 613 g/mol. The molecule has 5 heteroatoms. The molecule has 0 saturated heterocycles. The van der Waals surface area contributed by atoms with E-state index < -0.39 is 0 Å². The molecule has 5 nitrogen and oxygen atoms in total. The number of pyridine rings is 1. The number of para-hydroxylation sites is 4. The minimum atomic E-state index is 0.754. The normalized spacial score (nSPS) is 11.5. The SMILES string of the molecule is Cc1cc(C)c(-[n+]2cn(-c3cccc(Oc4cc(-c5ccccn5)c5c(c4)c4ccccc4n5-c4ccccc4)c3)c3ccccc32)c(C)c1. The Bertz CT molecular complexity index is 2680. The Morgan fingerprint density at radius 3 is 2.10 bits per heavy atom. The number of nitrogens with zero attached hydrogens (tertiary/aromatic N) is 4. The van der Waals surface area contributed by atoms with Crippen molar-refractivity contribution in [1.29, 1.82) is 0 Å². The Labute approximate surface area is 290 Å². The van der Waals surface area contributed by atoms with E-state index >= 15 is 0 Å². The highest BCUT2D eigenvalue weighted by atomic mass is 16.5. The number of benzene rings is 6. The molecule has 0 aliphatic carbocycles. The van der Waals surface area contributed by atoms with Crippen LogP contribution in [0.15, 0.2) is 158 Å². The van der Waals surface area contributed by atoms with Crippen molar-refractivity contribution in [2.45, 2.75) is 20.8 Å². The van der Waals surface area contributed by atoms with E-state index in [1.165, 1.54) is 22.4 Å². The summed E-state index contributed by atoms with van der Waals surface area (Å²) in [6, 6.07) is 50.8. The van der Waals surface area contributed by atoms with Gasteiger partial charge in [0.2, 0.25) is 0 Å². The van der Waals surface area contributed by atoms with Crippen LogP contribution in [0, 0.1) is 20.8 Å². The Morgan fingerprint density at radius 2 is 1.30 bits per heavy atom. The Kier molecular flexibility index (Phi) is 7.06. The molecule has 0 aliphatic rings. The third-order valence-corrected chi connectivity index (χ3v) is 9.54. The van der Waals surface area contributed by atoms with Crippen LogP contribution in [0.25, 0.3) is 61.2 Å². The van der Waals surface area contributed by atoms with Crippen molar-refractivity contribution in [3.63, 3.8) is 0 Å². The van der Waals surface area contributed by atoms with E-state index in [0.717, 1.165) is 67.0 Å². The summed E-state index contributed by atoms with van der Waals surface area (Å²) in [7, 11) is 0. The highest BCUT2D eigenvalue weighted by molar-refractivity contribution is 6.14. The first-order valence-electron chi connectivity index (χ1n) is 17.0. The first-order chi connectivity index (χ1) is 24.5. The molecule has 0 saturated carbocycles. The van der Waals surface area contributed by atoms with E-state index in [1.807, 2.05) is 24.4 Å². The van der Waals surface area contributed by atoms with E-state index in [-0.39, 0.29) is 0 Å². The summed E-state index contributed by atoms with van der Waals surface area (Å²) < 4.78 is 13.7. The lowest BCUT2D eigenvalue weighted by atomic mass is 10.0. The van der Waals surface area contributed by atoms with Crippen LogP contribution in [-0.2, 0) is 0 Å². The van der Waals surface area contributed by atoms with Crippen LogP contribution in [0.2, 0.25) is 0 Å². The second-order valence-electron chi connectivity index (χ2n) is 13.0. The van der Waals surface area contributed by atoms with Gasteiger partial charge in [-0.25, -0.2) is 0 Å². The van der Waals surface area contributed by atoms with Gasteiger partial charge in [-0.05, 0) is 98.6 Å². The number of fused-ring (bicyclic) bond motifs is 4. The summed E-state index contributed by atoms with van der Waals surface area (Å²) >= 11 is 0. The number of rotatable bonds is 6. The van der Waals surface area contributed by atoms with Crippen molar-refractivity contribution >= 4 is 32.8 Å². The van der Waals surface area contributed by atoms with Crippen molar-refractivity contribution in [3.05, 3.63) is 175 Å². The molecule has 0 radical (unpaired) electrons. The lowest BCUT2D eigenvalue weighted by Gasteiger charge is -2.13. The Balaban J connectivity index is 1.20. The molecule has 0 N–H and O–H groups in total. The number of aryl methyl sites for hydroxylation is 3. The molecule has 0 spiro atoms. The van der Waals surface area contributed by atoms with Crippen LogP contribution in [0.1, 0.15) is 16.7 Å². The molecule has 0 unspecified atom stereocenters. The minimum absolute atomic E-state index is 0.754. The fourth-order valence-electron chi connectivity index (χ4n) is 7.57. The maximum Gasteiger partial charge on any atom is 0.255 e. The number of ether oxygens (including phenoxy) is 1. The van der Waals surface area contributed by atoms with E-state index in [2.05, 4.69) is 168 Å². The molecule has 9 rings (SSSR count). The van der Waals surface area contributed by atoms with Gasteiger partial charge in [0.15, 0.2) is 11.0 Å². The summed E-state index contributed by atoms with van der Waals surface area (Å²) in [6.45, 7) is 6.54. The average molecular weight is 648 g/mol. The summed E-state index contributed by atoms with van der Waals surface area (Å²) in [6.07, 6.45) is 4.04. The predicted octanol–water partition coefficient (Wildman–Crippen LogP) is 10.8. The Morgan fingerprint density at radius 1 is 0.580 bits per heavy atom. The van der Waals surface area contributed by atoms with Gasteiger partial charge in [-0.1, -0.05) is 78.4 Å². The molecule has 0 aliphatic heterocycles.